The first kappa shape index (κ1) is 14.4. The lowest BCUT2D eigenvalue weighted by molar-refractivity contribution is 0.360. The summed E-state index contributed by atoms with van der Waals surface area (Å²) in [6.45, 7) is 7.04. The van der Waals surface area contributed by atoms with E-state index >= 15 is 0 Å². The lowest BCUT2D eigenvalue weighted by Crippen LogP contribution is -2.37. The van der Waals surface area contributed by atoms with Gasteiger partial charge in [0.15, 0.2) is 0 Å². The smallest absolute Gasteiger partial charge is 0.0992 e. The number of nitrogens with zero attached hydrogens (tertiary/aromatic N) is 3. The molecule has 1 N–H and O–H groups in total. The first-order valence-corrected chi connectivity index (χ1v) is 6.89. The van der Waals surface area contributed by atoms with Crippen LogP contribution in [-0.4, -0.2) is 25.7 Å². The number of rotatable bonds is 2. The molecule has 0 spiro atoms. The van der Waals surface area contributed by atoms with Gasteiger partial charge in [0.05, 0.1) is 24.1 Å². The fraction of sp³-hybridized carbons (Fsp3) is 0.500. The molecular formula is C16H20N4. The number of nitrogens with one attached hydrogen (secondary N) is 1. The van der Waals surface area contributed by atoms with Gasteiger partial charge in [-0.3, -0.25) is 0 Å². The minimum atomic E-state index is 0.132. The van der Waals surface area contributed by atoms with E-state index < -0.39 is 0 Å². The molecule has 1 unspecified atom stereocenters. The third-order valence-corrected chi connectivity index (χ3v) is 3.61. The molecule has 1 heterocycles. The van der Waals surface area contributed by atoms with E-state index in [0.717, 1.165) is 25.3 Å². The topological polar surface area (TPSA) is 62.9 Å². The molecule has 104 valence electrons. The molecule has 1 fully saturated rings. The minimum absolute atomic E-state index is 0.132. The second-order valence-corrected chi connectivity index (χ2v) is 6.15. The van der Waals surface area contributed by atoms with Gasteiger partial charge in [0.1, 0.15) is 0 Å². The van der Waals surface area contributed by atoms with Crippen LogP contribution in [0.5, 0.6) is 0 Å². The van der Waals surface area contributed by atoms with E-state index in [1.807, 2.05) is 24.3 Å². The van der Waals surface area contributed by atoms with E-state index in [1.54, 1.807) is 0 Å². The average Bonchev–Trinajstić information content (AvgIpc) is 2.58. The van der Waals surface area contributed by atoms with Crippen LogP contribution in [0.15, 0.2) is 24.3 Å². The van der Waals surface area contributed by atoms with Crippen molar-refractivity contribution in [2.75, 3.05) is 24.5 Å². The van der Waals surface area contributed by atoms with Crippen LogP contribution in [0.3, 0.4) is 0 Å². The quantitative estimate of drug-likeness (QED) is 0.893. The van der Waals surface area contributed by atoms with Gasteiger partial charge in [-0.2, -0.15) is 10.5 Å². The first-order chi connectivity index (χ1) is 9.54. The van der Waals surface area contributed by atoms with Crippen molar-refractivity contribution in [1.82, 2.24) is 5.32 Å². The number of hydrogen-bond acceptors (Lipinski definition) is 4. The standard InChI is InChI=1S/C16H20N4/c1-16(2)11-19-14(6-7-17)10-20(12-16)15-5-3-4-13(8-15)9-18/h3-5,8,14,19H,6,10-12H2,1-2H3. The van der Waals surface area contributed by atoms with Gasteiger partial charge in [-0.15, -0.1) is 0 Å². The second kappa shape index (κ2) is 5.94. The van der Waals surface area contributed by atoms with Gasteiger partial charge in [0.2, 0.25) is 0 Å². The first-order valence-electron chi connectivity index (χ1n) is 6.89. The highest BCUT2D eigenvalue weighted by Gasteiger charge is 2.28. The number of nitriles is 2. The third kappa shape index (κ3) is 3.50. The zero-order chi connectivity index (χ0) is 14.6. The van der Waals surface area contributed by atoms with Crippen molar-refractivity contribution in [2.45, 2.75) is 26.3 Å². The Labute approximate surface area is 120 Å². The Balaban J connectivity index is 2.26. The molecule has 0 amide bonds. The highest BCUT2D eigenvalue weighted by atomic mass is 15.2. The molecule has 0 aromatic heterocycles. The summed E-state index contributed by atoms with van der Waals surface area (Å²) in [6.07, 6.45) is 0.504. The van der Waals surface area contributed by atoms with Gasteiger partial charge in [0, 0.05) is 31.4 Å². The third-order valence-electron chi connectivity index (χ3n) is 3.61. The van der Waals surface area contributed by atoms with Gasteiger partial charge >= 0.3 is 0 Å². The molecule has 1 saturated heterocycles. The molecule has 0 bridgehead atoms. The molecule has 0 aliphatic carbocycles. The number of hydrogen-bond donors (Lipinski definition) is 1. The average molecular weight is 268 g/mol. The van der Waals surface area contributed by atoms with Crippen molar-refractivity contribution in [1.29, 1.82) is 10.5 Å². The second-order valence-electron chi connectivity index (χ2n) is 6.15. The summed E-state index contributed by atoms with van der Waals surface area (Å²) >= 11 is 0. The number of anilines is 1. The van der Waals surface area contributed by atoms with Crippen molar-refractivity contribution in [2.24, 2.45) is 5.41 Å². The summed E-state index contributed by atoms with van der Waals surface area (Å²) in [7, 11) is 0. The molecule has 20 heavy (non-hydrogen) atoms. The Morgan fingerprint density at radius 2 is 2.20 bits per heavy atom. The van der Waals surface area contributed by atoms with Crippen molar-refractivity contribution < 1.29 is 0 Å². The lowest BCUT2D eigenvalue weighted by atomic mass is 9.93. The van der Waals surface area contributed by atoms with E-state index in [0.29, 0.717) is 12.0 Å². The van der Waals surface area contributed by atoms with Crippen LogP contribution >= 0.6 is 0 Å². The molecule has 1 aliphatic heterocycles. The van der Waals surface area contributed by atoms with Gasteiger partial charge in [-0.05, 0) is 23.6 Å². The molecule has 4 heteroatoms. The maximum atomic E-state index is 9.03. The highest BCUT2D eigenvalue weighted by Crippen LogP contribution is 2.25. The summed E-state index contributed by atoms with van der Waals surface area (Å²) in [6, 6.07) is 12.3. The largest absolute Gasteiger partial charge is 0.369 e. The maximum Gasteiger partial charge on any atom is 0.0992 e. The summed E-state index contributed by atoms with van der Waals surface area (Å²) in [5, 5.41) is 21.4. The van der Waals surface area contributed by atoms with E-state index in [-0.39, 0.29) is 11.5 Å². The SMILES string of the molecule is CC1(C)CNC(CC#N)CN(c2cccc(C#N)c2)C1. The zero-order valence-corrected chi connectivity index (χ0v) is 12.1. The van der Waals surface area contributed by atoms with Crippen molar-refractivity contribution >= 4 is 5.69 Å². The molecular weight excluding hydrogens is 248 g/mol. The van der Waals surface area contributed by atoms with E-state index in [1.165, 1.54) is 0 Å². The fourth-order valence-electron chi connectivity index (χ4n) is 2.60. The molecule has 1 aliphatic rings. The molecule has 2 rings (SSSR count). The van der Waals surface area contributed by atoms with Crippen LogP contribution in [0, 0.1) is 28.1 Å². The van der Waals surface area contributed by atoms with Crippen molar-refractivity contribution in [3.63, 3.8) is 0 Å². The number of benzene rings is 1. The molecule has 1 aromatic rings. The van der Waals surface area contributed by atoms with Crippen molar-refractivity contribution in [3.8, 4) is 12.1 Å². The Morgan fingerprint density at radius 1 is 1.40 bits per heavy atom. The zero-order valence-electron chi connectivity index (χ0n) is 12.1. The van der Waals surface area contributed by atoms with Crippen LogP contribution in [0.4, 0.5) is 5.69 Å². The van der Waals surface area contributed by atoms with Crippen LogP contribution in [-0.2, 0) is 0 Å². The predicted molar refractivity (Wildman–Crippen MR) is 79.2 cm³/mol. The predicted octanol–water partition coefficient (Wildman–Crippen LogP) is 2.28. The van der Waals surface area contributed by atoms with E-state index in [9.17, 15) is 0 Å². The normalized spacial score (nSPS) is 21.6. The van der Waals surface area contributed by atoms with Crippen LogP contribution in [0.25, 0.3) is 0 Å². The summed E-state index contributed by atoms with van der Waals surface area (Å²) in [5.41, 5.74) is 1.87. The van der Waals surface area contributed by atoms with Gasteiger partial charge < -0.3 is 10.2 Å². The van der Waals surface area contributed by atoms with E-state index in [2.05, 4.69) is 36.2 Å². The van der Waals surface area contributed by atoms with Gasteiger partial charge in [0.25, 0.3) is 0 Å². The van der Waals surface area contributed by atoms with Crippen LogP contribution < -0.4 is 10.2 Å². The molecule has 1 atom stereocenters. The molecule has 1 aromatic carbocycles. The Hall–Kier alpha value is -2.04. The summed E-state index contributed by atoms with van der Waals surface area (Å²) in [4.78, 5) is 2.28. The van der Waals surface area contributed by atoms with Crippen LogP contribution in [0.1, 0.15) is 25.8 Å². The van der Waals surface area contributed by atoms with Crippen molar-refractivity contribution in [3.05, 3.63) is 29.8 Å². The summed E-state index contributed by atoms with van der Waals surface area (Å²) in [5.74, 6) is 0. The highest BCUT2D eigenvalue weighted by molar-refractivity contribution is 5.52. The minimum Gasteiger partial charge on any atom is -0.369 e. The Morgan fingerprint density at radius 3 is 2.90 bits per heavy atom. The fourth-order valence-corrected chi connectivity index (χ4v) is 2.60. The molecule has 4 nitrogen and oxygen atoms in total. The summed E-state index contributed by atoms with van der Waals surface area (Å²) < 4.78 is 0. The maximum absolute atomic E-state index is 9.03. The Kier molecular flexibility index (Phi) is 4.27. The lowest BCUT2D eigenvalue weighted by Gasteiger charge is -2.31. The van der Waals surface area contributed by atoms with Gasteiger partial charge in [-0.25, -0.2) is 0 Å². The van der Waals surface area contributed by atoms with E-state index in [4.69, 9.17) is 10.5 Å². The molecule has 0 saturated carbocycles. The monoisotopic (exact) mass is 268 g/mol. The Bertz CT molecular complexity index is 550. The molecule has 0 radical (unpaired) electrons. The van der Waals surface area contributed by atoms with Crippen LogP contribution in [0.2, 0.25) is 0 Å². The van der Waals surface area contributed by atoms with Gasteiger partial charge in [-0.1, -0.05) is 19.9 Å².